The highest BCUT2D eigenvalue weighted by atomic mass is 16.5. The largest absolute Gasteiger partial charge is 0.379 e. The highest BCUT2D eigenvalue weighted by Gasteiger charge is 2.20. The minimum absolute atomic E-state index is 0.00300. The first-order chi connectivity index (χ1) is 8.67. The van der Waals surface area contributed by atoms with Gasteiger partial charge in [0.2, 0.25) is 0 Å². The second-order valence-corrected chi connectivity index (χ2v) is 4.91. The zero-order valence-corrected chi connectivity index (χ0v) is 11.5. The van der Waals surface area contributed by atoms with Crippen LogP contribution in [0.1, 0.15) is 31.7 Å². The van der Waals surface area contributed by atoms with Crippen LogP contribution in [0.5, 0.6) is 0 Å². The van der Waals surface area contributed by atoms with Crippen molar-refractivity contribution in [3.63, 3.8) is 0 Å². The summed E-state index contributed by atoms with van der Waals surface area (Å²) in [5.74, 6) is 0. The Labute approximate surface area is 111 Å². The lowest BCUT2D eigenvalue weighted by Gasteiger charge is -2.25. The maximum absolute atomic E-state index is 6.20. The summed E-state index contributed by atoms with van der Waals surface area (Å²) in [7, 11) is 1.72. The van der Waals surface area contributed by atoms with Crippen molar-refractivity contribution in [3.8, 4) is 0 Å². The Morgan fingerprint density at radius 2 is 1.83 bits per heavy atom. The first kappa shape index (κ1) is 15.2. The van der Waals surface area contributed by atoms with Crippen LogP contribution in [-0.2, 0) is 11.2 Å². The van der Waals surface area contributed by atoms with Crippen molar-refractivity contribution in [2.75, 3.05) is 7.11 Å². The van der Waals surface area contributed by atoms with Gasteiger partial charge in [0.05, 0.1) is 6.10 Å². The van der Waals surface area contributed by atoms with Gasteiger partial charge in [-0.1, -0.05) is 43.7 Å². The molecule has 18 heavy (non-hydrogen) atoms. The number of rotatable bonds is 8. The number of hydrogen-bond donors (Lipinski definition) is 2. The van der Waals surface area contributed by atoms with Crippen LogP contribution in [0.3, 0.4) is 0 Å². The molecule has 1 aromatic rings. The lowest BCUT2D eigenvalue weighted by molar-refractivity contribution is 0.0757. The molecule has 0 saturated heterocycles. The Morgan fingerprint density at radius 3 is 2.39 bits per heavy atom. The molecule has 1 rings (SSSR count). The van der Waals surface area contributed by atoms with Gasteiger partial charge in [-0.15, -0.1) is 0 Å². The smallest absolute Gasteiger partial charge is 0.0762 e. The summed E-state index contributed by atoms with van der Waals surface area (Å²) in [6.45, 7) is 2.14. The number of benzene rings is 1. The molecule has 0 aliphatic heterocycles. The molecule has 0 fully saturated rings. The number of ether oxygens (including phenoxy) is 1. The predicted molar refractivity (Wildman–Crippen MR) is 76.4 cm³/mol. The van der Waals surface area contributed by atoms with Crippen molar-refractivity contribution in [2.24, 2.45) is 11.5 Å². The van der Waals surface area contributed by atoms with Gasteiger partial charge in [-0.2, -0.15) is 0 Å². The molecule has 0 aliphatic carbocycles. The highest BCUT2D eigenvalue weighted by molar-refractivity contribution is 5.16. The first-order valence-electron chi connectivity index (χ1n) is 6.75. The van der Waals surface area contributed by atoms with Crippen molar-refractivity contribution in [1.29, 1.82) is 0 Å². The molecule has 3 unspecified atom stereocenters. The van der Waals surface area contributed by atoms with Gasteiger partial charge in [0.25, 0.3) is 0 Å². The van der Waals surface area contributed by atoms with E-state index in [9.17, 15) is 0 Å². The molecule has 0 amide bonds. The third kappa shape index (κ3) is 5.17. The fourth-order valence-corrected chi connectivity index (χ4v) is 2.25. The van der Waals surface area contributed by atoms with Crippen LogP contribution in [0.2, 0.25) is 0 Å². The van der Waals surface area contributed by atoms with Gasteiger partial charge in [0.1, 0.15) is 0 Å². The highest BCUT2D eigenvalue weighted by Crippen LogP contribution is 2.12. The van der Waals surface area contributed by atoms with Crippen LogP contribution in [-0.4, -0.2) is 25.3 Å². The normalized spacial score (nSPS) is 16.2. The first-order valence-corrected chi connectivity index (χ1v) is 6.75. The average Bonchev–Trinajstić information content (AvgIpc) is 2.37. The monoisotopic (exact) mass is 250 g/mol. The molecule has 3 nitrogen and oxygen atoms in total. The molecule has 0 radical (unpaired) electrons. The fourth-order valence-electron chi connectivity index (χ4n) is 2.25. The maximum Gasteiger partial charge on any atom is 0.0762 e. The summed E-state index contributed by atoms with van der Waals surface area (Å²) < 4.78 is 5.51. The second kappa shape index (κ2) is 8.25. The van der Waals surface area contributed by atoms with Crippen LogP contribution in [0, 0.1) is 0 Å². The fraction of sp³-hybridized carbons (Fsp3) is 0.600. The lowest BCUT2D eigenvalue weighted by atomic mass is 9.96. The zero-order chi connectivity index (χ0) is 13.4. The molecular formula is C15H26N2O. The van der Waals surface area contributed by atoms with E-state index in [1.165, 1.54) is 5.56 Å². The van der Waals surface area contributed by atoms with Gasteiger partial charge >= 0.3 is 0 Å². The van der Waals surface area contributed by atoms with E-state index in [1.807, 2.05) is 18.2 Å². The van der Waals surface area contributed by atoms with Crippen molar-refractivity contribution in [2.45, 2.75) is 50.8 Å². The zero-order valence-electron chi connectivity index (χ0n) is 11.5. The van der Waals surface area contributed by atoms with E-state index in [2.05, 4.69) is 19.1 Å². The molecule has 3 atom stereocenters. The third-order valence-corrected chi connectivity index (χ3v) is 3.29. The van der Waals surface area contributed by atoms with Crippen molar-refractivity contribution in [3.05, 3.63) is 35.9 Å². The van der Waals surface area contributed by atoms with E-state index < -0.39 is 0 Å². The summed E-state index contributed by atoms with van der Waals surface area (Å²) >= 11 is 0. The van der Waals surface area contributed by atoms with Gasteiger partial charge in [-0.3, -0.25) is 0 Å². The second-order valence-electron chi connectivity index (χ2n) is 4.91. The molecule has 0 heterocycles. The molecule has 3 heteroatoms. The van der Waals surface area contributed by atoms with Crippen molar-refractivity contribution in [1.82, 2.24) is 0 Å². The standard InChI is InChI=1S/C15H26N2O/c1-3-7-13(16)11-14(17)15(18-2)10-12-8-5-4-6-9-12/h4-6,8-9,13-15H,3,7,10-11,16-17H2,1-2H3. The average molecular weight is 250 g/mol. The Bertz CT molecular complexity index is 316. The van der Waals surface area contributed by atoms with Crippen molar-refractivity contribution < 1.29 is 4.74 Å². The van der Waals surface area contributed by atoms with E-state index in [1.54, 1.807) is 7.11 Å². The summed E-state index contributed by atoms with van der Waals surface area (Å²) in [4.78, 5) is 0. The molecule has 0 saturated carbocycles. The van der Waals surface area contributed by atoms with E-state index in [4.69, 9.17) is 16.2 Å². The van der Waals surface area contributed by atoms with Crippen LogP contribution >= 0.6 is 0 Å². The number of nitrogens with two attached hydrogens (primary N) is 2. The van der Waals surface area contributed by atoms with E-state index in [-0.39, 0.29) is 18.2 Å². The van der Waals surface area contributed by atoms with Crippen molar-refractivity contribution >= 4 is 0 Å². The topological polar surface area (TPSA) is 61.3 Å². The van der Waals surface area contributed by atoms with Gasteiger partial charge in [-0.05, 0) is 18.4 Å². The molecule has 0 bridgehead atoms. The molecule has 0 aromatic heterocycles. The molecule has 4 N–H and O–H groups in total. The summed E-state index contributed by atoms with van der Waals surface area (Å²) in [6, 6.07) is 10.5. The summed E-state index contributed by atoms with van der Waals surface area (Å²) in [5.41, 5.74) is 13.5. The molecule has 0 spiro atoms. The summed E-state index contributed by atoms with van der Waals surface area (Å²) in [6.07, 6.45) is 3.83. The maximum atomic E-state index is 6.20. The van der Waals surface area contributed by atoms with E-state index in [0.29, 0.717) is 0 Å². The lowest BCUT2D eigenvalue weighted by Crippen LogP contribution is -2.42. The van der Waals surface area contributed by atoms with Gasteiger partial charge in [0.15, 0.2) is 0 Å². The van der Waals surface area contributed by atoms with Crippen LogP contribution in [0.25, 0.3) is 0 Å². The molecule has 0 aliphatic rings. The van der Waals surface area contributed by atoms with Crippen LogP contribution in [0.4, 0.5) is 0 Å². The number of hydrogen-bond acceptors (Lipinski definition) is 3. The number of methoxy groups -OCH3 is 1. The molecular weight excluding hydrogens is 224 g/mol. The van der Waals surface area contributed by atoms with Gasteiger partial charge in [0, 0.05) is 25.6 Å². The molecule has 102 valence electrons. The minimum atomic E-state index is -0.00300. The van der Waals surface area contributed by atoms with Gasteiger partial charge < -0.3 is 16.2 Å². The minimum Gasteiger partial charge on any atom is -0.379 e. The Hall–Kier alpha value is -0.900. The van der Waals surface area contributed by atoms with Gasteiger partial charge in [-0.25, -0.2) is 0 Å². The third-order valence-electron chi connectivity index (χ3n) is 3.29. The van der Waals surface area contributed by atoms with E-state index >= 15 is 0 Å². The summed E-state index contributed by atoms with van der Waals surface area (Å²) in [5, 5.41) is 0. The Kier molecular flexibility index (Phi) is 6.94. The Balaban J connectivity index is 2.49. The van der Waals surface area contributed by atoms with E-state index in [0.717, 1.165) is 25.7 Å². The van der Waals surface area contributed by atoms with Crippen LogP contribution in [0.15, 0.2) is 30.3 Å². The quantitative estimate of drug-likeness (QED) is 0.742. The predicted octanol–water partition coefficient (Wildman–Crippen LogP) is 2.09. The SMILES string of the molecule is CCCC(N)CC(N)C(Cc1ccccc1)OC. The Morgan fingerprint density at radius 1 is 1.17 bits per heavy atom. The van der Waals surface area contributed by atoms with Crippen LogP contribution < -0.4 is 11.5 Å². The molecule has 1 aromatic carbocycles.